The number of sulfone groups is 1. The van der Waals surface area contributed by atoms with Crippen molar-refractivity contribution in [1.29, 1.82) is 0 Å². The van der Waals surface area contributed by atoms with Crippen molar-refractivity contribution in [2.24, 2.45) is 0 Å². The first kappa shape index (κ1) is 27.1. The van der Waals surface area contributed by atoms with E-state index >= 15 is 0 Å². The number of rotatable bonds is 8. The summed E-state index contributed by atoms with van der Waals surface area (Å²) in [4.78, 5) is 9.41. The Morgan fingerprint density at radius 1 is 1.20 bits per heavy atom. The zero-order valence-corrected chi connectivity index (χ0v) is 20.9. The van der Waals surface area contributed by atoms with Crippen molar-refractivity contribution in [3.63, 3.8) is 0 Å². The number of halogens is 3. The molecule has 0 aliphatic heterocycles. The van der Waals surface area contributed by atoms with Gasteiger partial charge in [0.25, 0.3) is 0 Å². The largest absolute Gasteiger partial charge is 0.481 e. The number of aliphatic carboxylic acids is 1. The summed E-state index contributed by atoms with van der Waals surface area (Å²) in [5.74, 6) is -1.02. The number of alkyl halides is 3. The van der Waals surface area contributed by atoms with Gasteiger partial charge in [0.1, 0.15) is 0 Å². The molecule has 35 heavy (non-hydrogen) atoms. The highest BCUT2D eigenvalue weighted by atomic mass is 32.2. The maximum atomic E-state index is 13.6. The van der Waals surface area contributed by atoms with Crippen molar-refractivity contribution in [3.8, 4) is 0 Å². The monoisotopic (exact) mass is 537 g/mol. The van der Waals surface area contributed by atoms with Gasteiger partial charge in [0.15, 0.2) is 9.84 Å². The van der Waals surface area contributed by atoms with Crippen LogP contribution in [0.15, 0.2) is 34.2 Å². The van der Waals surface area contributed by atoms with E-state index in [0.29, 0.717) is 42.7 Å². The molecule has 1 aliphatic carbocycles. The van der Waals surface area contributed by atoms with E-state index in [1.165, 1.54) is 31.8 Å². The fraction of sp³-hybridized carbons (Fsp3) is 0.524. The topological polar surface area (TPSA) is 127 Å². The van der Waals surface area contributed by atoms with Crippen LogP contribution < -0.4 is 0 Å². The van der Waals surface area contributed by atoms with Crippen LogP contribution in [0.1, 0.15) is 56.0 Å². The molecular weight excluding hydrogens is 511 g/mol. The van der Waals surface area contributed by atoms with Crippen LogP contribution in [-0.2, 0) is 43.8 Å². The molecular formula is C21H26F3N3O6S2. The molecule has 194 valence electrons. The Morgan fingerprint density at radius 3 is 2.40 bits per heavy atom. The minimum Gasteiger partial charge on any atom is -0.481 e. The fourth-order valence-corrected chi connectivity index (χ4v) is 6.66. The molecule has 0 radical (unpaired) electrons. The molecule has 1 heterocycles. The lowest BCUT2D eigenvalue weighted by atomic mass is 9.93. The highest BCUT2D eigenvalue weighted by Gasteiger charge is 2.38. The summed E-state index contributed by atoms with van der Waals surface area (Å²) in [6.07, 6.45) is -2.25. The van der Waals surface area contributed by atoms with Crippen molar-refractivity contribution in [2.45, 2.75) is 73.3 Å². The molecule has 0 fully saturated rings. The molecule has 2 aromatic rings. The van der Waals surface area contributed by atoms with E-state index in [0.717, 1.165) is 10.4 Å². The van der Waals surface area contributed by atoms with Crippen molar-refractivity contribution in [1.82, 2.24) is 14.1 Å². The van der Waals surface area contributed by atoms with Gasteiger partial charge in [0, 0.05) is 18.3 Å². The predicted octanol–water partition coefficient (Wildman–Crippen LogP) is 3.26. The molecule has 0 spiro atoms. The predicted molar refractivity (Wildman–Crippen MR) is 119 cm³/mol. The summed E-state index contributed by atoms with van der Waals surface area (Å²) in [6, 6.07) is 0.878. The van der Waals surface area contributed by atoms with E-state index in [1.807, 2.05) is 0 Å². The van der Waals surface area contributed by atoms with E-state index < -0.39 is 58.7 Å². The van der Waals surface area contributed by atoms with Gasteiger partial charge < -0.3 is 5.11 Å². The van der Waals surface area contributed by atoms with Gasteiger partial charge in [-0.25, -0.2) is 16.8 Å². The molecule has 1 atom stereocenters. The summed E-state index contributed by atoms with van der Waals surface area (Å²) in [5, 5.41) is 12.0. The molecule has 9 nitrogen and oxygen atoms in total. The number of aromatic nitrogens is 2. The number of benzene rings is 1. The highest BCUT2D eigenvalue weighted by Crippen LogP contribution is 2.39. The van der Waals surface area contributed by atoms with Gasteiger partial charge in [0.05, 0.1) is 45.8 Å². The Labute approximate surface area is 201 Å². The maximum absolute atomic E-state index is 13.6. The number of carboxylic acid groups (broad SMARTS) is 1. The highest BCUT2D eigenvalue weighted by molar-refractivity contribution is 7.92. The van der Waals surface area contributed by atoms with Crippen LogP contribution in [0.5, 0.6) is 0 Å². The van der Waals surface area contributed by atoms with Gasteiger partial charge in [-0.3, -0.25) is 9.48 Å². The van der Waals surface area contributed by atoms with E-state index in [9.17, 15) is 34.8 Å². The molecule has 1 aromatic carbocycles. The molecule has 1 aliphatic rings. The van der Waals surface area contributed by atoms with Crippen LogP contribution in [0.25, 0.3) is 0 Å². The molecule has 0 bridgehead atoms. The first-order valence-corrected chi connectivity index (χ1v) is 13.8. The van der Waals surface area contributed by atoms with E-state index in [1.54, 1.807) is 0 Å². The molecule has 14 heteroatoms. The molecule has 1 unspecified atom stereocenters. The van der Waals surface area contributed by atoms with Crippen LogP contribution in [0.2, 0.25) is 0 Å². The van der Waals surface area contributed by atoms with Gasteiger partial charge in [-0.05, 0) is 51.3 Å². The second-order valence-corrected chi connectivity index (χ2v) is 13.1. The molecule has 0 saturated heterocycles. The SMILES string of the molecule is CC(C)S(=O)(=O)c1cc(C(F)(F)F)cc(S(=O)(=O)N(C)C2CCCc3c2cnn3CCC(=O)O)c1. The molecule has 1 aromatic heterocycles. The first-order chi connectivity index (χ1) is 16.1. The number of aryl methyl sites for hydroxylation is 1. The average molecular weight is 538 g/mol. The summed E-state index contributed by atoms with van der Waals surface area (Å²) in [6.45, 7) is 2.68. The normalized spacial score (nSPS) is 17.1. The number of hydrogen-bond donors (Lipinski definition) is 1. The third-order valence-corrected chi connectivity index (χ3v) is 10.0. The standard InChI is InChI=1S/C21H26F3N3O6S2/c1-13(2)34(30,31)15-9-14(21(22,23)24)10-16(11-15)35(32,33)26(3)18-5-4-6-19-17(18)12-25-27(19)8-7-20(28)29/h9-13,18H,4-8H2,1-3H3,(H,28,29). The first-order valence-electron chi connectivity index (χ1n) is 10.8. The van der Waals surface area contributed by atoms with Gasteiger partial charge in [-0.2, -0.15) is 22.6 Å². The molecule has 1 N–H and O–H groups in total. The van der Waals surface area contributed by atoms with Crippen LogP contribution in [-0.4, -0.2) is 54.3 Å². The van der Waals surface area contributed by atoms with Gasteiger partial charge in [-0.1, -0.05) is 0 Å². The minimum absolute atomic E-state index is 0.0951. The fourth-order valence-electron chi connectivity index (χ4n) is 4.02. The van der Waals surface area contributed by atoms with Crippen molar-refractivity contribution in [3.05, 3.63) is 41.2 Å². The number of hydrogen-bond acceptors (Lipinski definition) is 6. The van der Waals surface area contributed by atoms with Gasteiger partial charge in [-0.15, -0.1) is 0 Å². The third kappa shape index (κ3) is 5.38. The lowest BCUT2D eigenvalue weighted by molar-refractivity contribution is -0.138. The number of carboxylic acids is 1. The Kier molecular flexibility index (Phi) is 7.40. The second-order valence-electron chi connectivity index (χ2n) is 8.63. The average Bonchev–Trinajstić information content (AvgIpc) is 3.19. The second kappa shape index (κ2) is 9.54. The van der Waals surface area contributed by atoms with Crippen LogP contribution in [0.3, 0.4) is 0 Å². The Morgan fingerprint density at radius 2 is 1.83 bits per heavy atom. The van der Waals surface area contributed by atoms with Gasteiger partial charge in [0.2, 0.25) is 10.0 Å². The summed E-state index contributed by atoms with van der Waals surface area (Å²) >= 11 is 0. The quantitative estimate of drug-likeness (QED) is 0.548. The Hall–Kier alpha value is -2.45. The van der Waals surface area contributed by atoms with E-state index in [2.05, 4.69) is 5.10 Å². The van der Waals surface area contributed by atoms with Crippen LogP contribution in [0, 0.1) is 0 Å². The summed E-state index contributed by atoms with van der Waals surface area (Å²) in [5.41, 5.74) is -0.177. The van der Waals surface area contributed by atoms with E-state index in [4.69, 9.17) is 5.11 Å². The summed E-state index contributed by atoms with van der Waals surface area (Å²) in [7, 11) is -7.52. The van der Waals surface area contributed by atoms with E-state index in [-0.39, 0.29) is 13.0 Å². The number of carbonyl (C=O) groups is 1. The van der Waals surface area contributed by atoms with Crippen LogP contribution >= 0.6 is 0 Å². The number of fused-ring (bicyclic) bond motifs is 1. The smallest absolute Gasteiger partial charge is 0.416 e. The maximum Gasteiger partial charge on any atom is 0.416 e. The molecule has 0 saturated carbocycles. The number of nitrogens with zero attached hydrogens (tertiary/aromatic N) is 3. The lowest BCUT2D eigenvalue weighted by Gasteiger charge is -2.31. The Balaban J connectivity index is 2.07. The Bertz CT molecular complexity index is 1330. The summed E-state index contributed by atoms with van der Waals surface area (Å²) < 4.78 is 95.2. The molecule has 0 amide bonds. The van der Waals surface area contributed by atoms with Crippen molar-refractivity contribution < 1.29 is 39.9 Å². The zero-order chi connectivity index (χ0) is 26.3. The third-order valence-electron chi connectivity index (χ3n) is 6.04. The zero-order valence-electron chi connectivity index (χ0n) is 19.3. The lowest BCUT2D eigenvalue weighted by Crippen LogP contribution is -2.33. The minimum atomic E-state index is -4.96. The van der Waals surface area contributed by atoms with Crippen LogP contribution in [0.4, 0.5) is 13.2 Å². The van der Waals surface area contributed by atoms with Crippen molar-refractivity contribution in [2.75, 3.05) is 7.05 Å². The number of sulfonamides is 1. The van der Waals surface area contributed by atoms with Gasteiger partial charge >= 0.3 is 12.1 Å². The van der Waals surface area contributed by atoms with Crippen molar-refractivity contribution >= 4 is 25.8 Å². The molecule has 3 rings (SSSR count).